The molecule has 1 unspecified atom stereocenters. The maximum Gasteiger partial charge on any atom is 0.220 e. The molecule has 1 atom stereocenters. The van der Waals surface area contributed by atoms with Crippen LogP contribution in [0.25, 0.3) is 0 Å². The van der Waals surface area contributed by atoms with Crippen LogP contribution < -0.4 is 5.32 Å². The van der Waals surface area contributed by atoms with Crippen molar-refractivity contribution in [2.45, 2.75) is 24.9 Å². The van der Waals surface area contributed by atoms with E-state index in [1.807, 2.05) is 66.7 Å². The molecule has 0 spiro atoms. The lowest BCUT2D eigenvalue weighted by atomic mass is 9.88. The highest BCUT2D eigenvalue weighted by Crippen LogP contribution is 2.27. The first-order chi connectivity index (χ1) is 13.2. The van der Waals surface area contributed by atoms with Crippen molar-refractivity contribution in [2.75, 3.05) is 6.54 Å². The van der Waals surface area contributed by atoms with Gasteiger partial charge in [-0.25, -0.2) is 0 Å². The molecule has 3 aromatic carbocycles. The number of benzene rings is 3. The summed E-state index contributed by atoms with van der Waals surface area (Å²) in [6.45, 7) is 0.450. The van der Waals surface area contributed by atoms with Crippen LogP contribution in [-0.2, 0) is 4.79 Å². The fraction of sp³-hybridized carbons (Fsp3) is 0.208. The summed E-state index contributed by atoms with van der Waals surface area (Å²) in [5.74, 6) is 0.0133. The van der Waals surface area contributed by atoms with Crippen molar-refractivity contribution in [2.24, 2.45) is 0 Å². The zero-order chi connectivity index (χ0) is 18.9. The maximum absolute atomic E-state index is 12.5. The van der Waals surface area contributed by atoms with Gasteiger partial charge in [0.15, 0.2) is 0 Å². The van der Waals surface area contributed by atoms with Gasteiger partial charge in [-0.1, -0.05) is 91.0 Å². The fourth-order valence-corrected chi connectivity index (χ4v) is 3.25. The number of aliphatic hydroxyl groups is 1. The molecule has 2 N–H and O–H groups in total. The molecule has 0 aliphatic heterocycles. The van der Waals surface area contributed by atoms with Crippen molar-refractivity contribution in [3.63, 3.8) is 0 Å². The first-order valence-corrected chi connectivity index (χ1v) is 9.33. The van der Waals surface area contributed by atoms with Gasteiger partial charge in [0, 0.05) is 18.9 Å². The summed E-state index contributed by atoms with van der Waals surface area (Å²) in [6, 6.07) is 29.7. The second kappa shape index (κ2) is 9.70. The molecule has 3 aromatic rings. The lowest BCUT2D eigenvalue weighted by molar-refractivity contribution is -0.121. The summed E-state index contributed by atoms with van der Waals surface area (Å²) >= 11 is 0. The zero-order valence-corrected chi connectivity index (χ0v) is 15.3. The van der Waals surface area contributed by atoms with E-state index in [0.717, 1.165) is 16.7 Å². The molecule has 0 bridgehead atoms. The summed E-state index contributed by atoms with van der Waals surface area (Å²) in [5.41, 5.74) is 3.13. The minimum Gasteiger partial charge on any atom is -0.388 e. The first kappa shape index (κ1) is 18.9. The lowest BCUT2D eigenvalue weighted by Gasteiger charge is -2.18. The number of carbonyl (C=O) groups excluding carboxylic acids is 1. The third-order valence-electron chi connectivity index (χ3n) is 4.72. The van der Waals surface area contributed by atoms with Crippen molar-refractivity contribution < 1.29 is 9.90 Å². The number of hydrogen-bond donors (Lipinski definition) is 2. The van der Waals surface area contributed by atoms with Crippen LogP contribution in [0.3, 0.4) is 0 Å². The van der Waals surface area contributed by atoms with Crippen LogP contribution in [0, 0.1) is 0 Å². The van der Waals surface area contributed by atoms with Crippen LogP contribution in [0.1, 0.15) is 41.6 Å². The molecular formula is C24H25NO2. The molecular weight excluding hydrogens is 334 g/mol. The van der Waals surface area contributed by atoms with Crippen LogP contribution in [0.15, 0.2) is 91.0 Å². The number of aliphatic hydroxyl groups excluding tert-OH is 1. The number of carbonyl (C=O) groups is 1. The molecule has 0 radical (unpaired) electrons. The van der Waals surface area contributed by atoms with E-state index in [0.29, 0.717) is 19.4 Å². The smallest absolute Gasteiger partial charge is 0.220 e. The van der Waals surface area contributed by atoms with Gasteiger partial charge in [0.2, 0.25) is 5.91 Å². The molecule has 3 rings (SSSR count). The van der Waals surface area contributed by atoms with Crippen LogP contribution in [-0.4, -0.2) is 17.6 Å². The molecule has 0 heterocycles. The molecule has 138 valence electrons. The standard InChI is InChI=1S/C24H25NO2/c26-23(21-14-8-3-9-15-21)16-17-25-24(27)18-22(19-10-4-1-5-11-19)20-12-6-2-7-13-20/h1-15,22-23,26H,16-18H2,(H,25,27). The van der Waals surface area contributed by atoms with Gasteiger partial charge < -0.3 is 10.4 Å². The van der Waals surface area contributed by atoms with Crippen molar-refractivity contribution in [3.8, 4) is 0 Å². The van der Waals surface area contributed by atoms with Crippen molar-refractivity contribution >= 4 is 5.91 Å². The van der Waals surface area contributed by atoms with E-state index in [2.05, 4.69) is 29.6 Å². The average Bonchev–Trinajstić information content (AvgIpc) is 2.74. The number of nitrogens with one attached hydrogen (secondary N) is 1. The summed E-state index contributed by atoms with van der Waals surface area (Å²) in [4.78, 5) is 12.5. The van der Waals surface area contributed by atoms with E-state index >= 15 is 0 Å². The third kappa shape index (κ3) is 5.53. The SMILES string of the molecule is O=C(CC(c1ccccc1)c1ccccc1)NCCC(O)c1ccccc1. The molecule has 27 heavy (non-hydrogen) atoms. The Hall–Kier alpha value is -2.91. The predicted octanol–water partition coefficient (Wildman–Crippen LogP) is 4.45. The summed E-state index contributed by atoms with van der Waals surface area (Å²) in [5, 5.41) is 13.2. The molecule has 1 amide bonds. The Balaban J connectivity index is 1.58. The Morgan fingerprint density at radius 3 is 1.67 bits per heavy atom. The number of rotatable bonds is 8. The normalized spacial score (nSPS) is 11.9. The van der Waals surface area contributed by atoms with E-state index in [-0.39, 0.29) is 11.8 Å². The molecule has 0 aliphatic carbocycles. The van der Waals surface area contributed by atoms with E-state index in [4.69, 9.17) is 0 Å². The van der Waals surface area contributed by atoms with Crippen LogP contribution in [0.4, 0.5) is 0 Å². The second-order valence-electron chi connectivity index (χ2n) is 6.64. The summed E-state index contributed by atoms with van der Waals surface area (Å²) < 4.78 is 0. The predicted molar refractivity (Wildman–Crippen MR) is 108 cm³/mol. The van der Waals surface area contributed by atoms with Crippen molar-refractivity contribution in [3.05, 3.63) is 108 Å². The van der Waals surface area contributed by atoms with Gasteiger partial charge in [0.25, 0.3) is 0 Å². The number of amides is 1. The zero-order valence-electron chi connectivity index (χ0n) is 15.3. The van der Waals surface area contributed by atoms with Crippen molar-refractivity contribution in [1.82, 2.24) is 5.32 Å². The van der Waals surface area contributed by atoms with E-state index in [1.54, 1.807) is 0 Å². The Morgan fingerprint density at radius 1 is 0.741 bits per heavy atom. The highest BCUT2D eigenvalue weighted by Gasteiger charge is 2.18. The molecule has 0 saturated carbocycles. The van der Waals surface area contributed by atoms with Crippen LogP contribution in [0.5, 0.6) is 0 Å². The highest BCUT2D eigenvalue weighted by atomic mass is 16.3. The van der Waals surface area contributed by atoms with Gasteiger partial charge in [-0.15, -0.1) is 0 Å². The summed E-state index contributed by atoms with van der Waals surface area (Å²) in [6.07, 6.45) is 0.317. The van der Waals surface area contributed by atoms with Crippen molar-refractivity contribution in [1.29, 1.82) is 0 Å². The maximum atomic E-state index is 12.5. The topological polar surface area (TPSA) is 49.3 Å². The Morgan fingerprint density at radius 2 is 1.19 bits per heavy atom. The lowest BCUT2D eigenvalue weighted by Crippen LogP contribution is -2.27. The molecule has 3 nitrogen and oxygen atoms in total. The molecule has 0 fully saturated rings. The minimum atomic E-state index is -0.564. The van der Waals surface area contributed by atoms with Gasteiger partial charge in [-0.2, -0.15) is 0 Å². The Bertz CT molecular complexity index is 779. The first-order valence-electron chi connectivity index (χ1n) is 9.33. The van der Waals surface area contributed by atoms with Crippen LogP contribution in [0.2, 0.25) is 0 Å². The van der Waals surface area contributed by atoms with E-state index < -0.39 is 6.10 Å². The second-order valence-corrected chi connectivity index (χ2v) is 6.64. The number of hydrogen-bond acceptors (Lipinski definition) is 2. The Kier molecular flexibility index (Phi) is 6.78. The van der Waals surface area contributed by atoms with Gasteiger partial charge in [-0.05, 0) is 23.1 Å². The van der Waals surface area contributed by atoms with Gasteiger partial charge in [0.05, 0.1) is 6.10 Å². The Labute approximate surface area is 160 Å². The quantitative estimate of drug-likeness (QED) is 0.624. The van der Waals surface area contributed by atoms with Gasteiger partial charge in [0.1, 0.15) is 0 Å². The van der Waals surface area contributed by atoms with Gasteiger partial charge >= 0.3 is 0 Å². The average molecular weight is 359 g/mol. The largest absolute Gasteiger partial charge is 0.388 e. The van der Waals surface area contributed by atoms with E-state index in [9.17, 15) is 9.90 Å². The minimum absolute atomic E-state index is 0.00651. The fourth-order valence-electron chi connectivity index (χ4n) is 3.25. The highest BCUT2D eigenvalue weighted by molar-refractivity contribution is 5.77. The molecule has 0 aromatic heterocycles. The molecule has 0 aliphatic rings. The van der Waals surface area contributed by atoms with E-state index in [1.165, 1.54) is 0 Å². The van der Waals surface area contributed by atoms with Gasteiger partial charge in [-0.3, -0.25) is 4.79 Å². The third-order valence-corrected chi connectivity index (χ3v) is 4.72. The summed E-state index contributed by atoms with van der Waals surface area (Å²) in [7, 11) is 0. The van der Waals surface area contributed by atoms with Crippen LogP contribution >= 0.6 is 0 Å². The molecule has 3 heteroatoms. The monoisotopic (exact) mass is 359 g/mol. The molecule has 0 saturated heterocycles.